The van der Waals surface area contributed by atoms with Crippen LogP contribution in [-0.2, 0) is 41.7 Å². The predicted molar refractivity (Wildman–Crippen MR) is 354 cm³/mol. The molecule has 0 spiro atoms. The van der Waals surface area contributed by atoms with E-state index in [2.05, 4.69) is 27.5 Å². The van der Waals surface area contributed by atoms with E-state index in [1.165, 1.54) is 20.8 Å². The maximum absolute atomic E-state index is 13.5. The first-order valence-corrected chi connectivity index (χ1v) is 39.6. The van der Waals surface area contributed by atoms with Crippen LogP contribution in [0.15, 0.2) is 0 Å². The van der Waals surface area contributed by atoms with E-state index in [0.717, 1.165) is 125 Å². The van der Waals surface area contributed by atoms with Gasteiger partial charge in [0.2, 0.25) is 11.7 Å². The van der Waals surface area contributed by atoms with Crippen molar-refractivity contribution < 1.29 is 148 Å². The molecule has 0 aromatic rings. The minimum Gasteiger partial charge on any atom is -0.429 e. The van der Waals surface area contributed by atoms with E-state index in [1.54, 1.807) is 41.5 Å². The van der Waals surface area contributed by atoms with Crippen LogP contribution in [0.1, 0.15) is 210 Å². The Morgan fingerprint density at radius 3 is 0.832 bits per heavy atom. The van der Waals surface area contributed by atoms with Crippen molar-refractivity contribution in [2.45, 2.75) is 326 Å². The molecule has 11 unspecified atom stereocenters. The van der Waals surface area contributed by atoms with Crippen molar-refractivity contribution >= 4 is 43.4 Å². The highest BCUT2D eigenvalue weighted by Gasteiger charge is 2.75. The smallest absolute Gasteiger partial charge is 0.429 e. The van der Waals surface area contributed by atoms with Crippen molar-refractivity contribution in [3.05, 3.63) is 0 Å². The molecule has 0 amide bonds. The molecule has 0 radical (unpaired) electrons. The van der Waals surface area contributed by atoms with E-state index < -0.39 is 132 Å². The van der Waals surface area contributed by atoms with Crippen LogP contribution in [0.2, 0.25) is 39.3 Å². The highest BCUT2D eigenvalue weighted by molar-refractivity contribution is 6.73. The molecular formula is C65H121F21O12Si3. The number of hydrogen-bond acceptors (Lipinski definition) is 12. The first kappa shape index (κ1) is 109. The molecule has 6 aliphatic carbocycles. The standard InChI is InChI=1S/C16H22F6O3.C16H25F3O3.C15H23F3O3.3C4H9F3OSi.6CH4/c1-13(2,3)24-12(23)25-14(15(17,18)19,16(20,21)22)8-11-7-9-4-5-10(11)6-9;1-14(2,3)21-13(20)22-15(4,16(17,18)19)9-12-8-10-5-6-11(12)7-10;1-14(2,3)21-13(19)20-12(15(16,17)18)8-11-7-9-4-5-10(11)6-9;3*1-8-9(2,3)4(5,6)7;;;;;;/h9-11H,4-8H2,1-3H3;10-12H,5-9H2,1-4H3;9-12H,4-8H2,1-3H3;3*1-3H3;6*1H4. The van der Waals surface area contributed by atoms with Gasteiger partial charge in [0.25, 0.3) is 0 Å². The molecule has 0 aromatic carbocycles. The Labute approximate surface area is 590 Å². The zero-order chi connectivity index (χ0) is 75.0. The molecular weight excluding hydrogens is 1460 g/mol. The molecule has 6 aliphatic rings. The van der Waals surface area contributed by atoms with Crippen LogP contribution in [0, 0.1) is 53.3 Å². The topological polar surface area (TPSA) is 134 Å². The third kappa shape index (κ3) is 34.1. The van der Waals surface area contributed by atoms with Gasteiger partial charge in [-0.25, -0.2) is 14.4 Å². The molecule has 0 heterocycles. The summed E-state index contributed by atoms with van der Waals surface area (Å²) in [6, 6.07) is 0. The Morgan fingerprint density at radius 1 is 0.356 bits per heavy atom. The number of hydrogen-bond donors (Lipinski definition) is 0. The molecule has 36 heteroatoms. The average molecular weight is 1580 g/mol. The van der Waals surface area contributed by atoms with Crippen LogP contribution < -0.4 is 0 Å². The molecule has 101 heavy (non-hydrogen) atoms. The zero-order valence-corrected chi connectivity index (χ0v) is 60.2. The lowest BCUT2D eigenvalue weighted by Crippen LogP contribution is -2.61. The maximum atomic E-state index is 13.5. The predicted octanol–water partition coefficient (Wildman–Crippen LogP) is 25.0. The molecule has 6 bridgehead atoms. The summed E-state index contributed by atoms with van der Waals surface area (Å²) in [5, 5.41) is 0. The quantitative estimate of drug-likeness (QED) is 0.0797. The van der Waals surface area contributed by atoms with Gasteiger partial charge >= 0.3 is 91.1 Å². The number of carbonyl (C=O) groups is 3. The van der Waals surface area contributed by atoms with Crippen LogP contribution in [0.3, 0.4) is 0 Å². The Bertz CT molecular complexity index is 2320. The molecule has 12 nitrogen and oxygen atoms in total. The van der Waals surface area contributed by atoms with Gasteiger partial charge in [0.05, 0.1) is 0 Å². The van der Waals surface area contributed by atoms with Crippen LogP contribution >= 0.6 is 0 Å². The molecule has 0 N–H and O–H groups in total. The molecule has 6 rings (SSSR count). The third-order valence-electron chi connectivity index (χ3n) is 17.8. The second-order valence-electron chi connectivity index (χ2n) is 29.9. The average Bonchev–Trinajstić information content (AvgIpc) is 1.69. The Morgan fingerprint density at radius 2 is 0.624 bits per heavy atom. The molecule has 0 saturated heterocycles. The molecule has 0 aliphatic heterocycles. The summed E-state index contributed by atoms with van der Waals surface area (Å²) in [5.41, 5.74) is -10.0. The third-order valence-corrected chi connectivity index (χ3v) is 25.0. The van der Waals surface area contributed by atoms with Gasteiger partial charge in [0.15, 0.2) is 0 Å². The Hall–Kier alpha value is -3.13. The van der Waals surface area contributed by atoms with Gasteiger partial charge in [-0.1, -0.05) is 63.8 Å². The van der Waals surface area contributed by atoms with Gasteiger partial charge in [-0.15, -0.1) is 0 Å². The number of rotatable bonds is 12. The van der Waals surface area contributed by atoms with Gasteiger partial charge in [0.1, 0.15) is 16.8 Å². The summed E-state index contributed by atoms with van der Waals surface area (Å²) in [5.74, 6) is -11.4. The fraction of sp³-hybridized carbons (Fsp3) is 0.954. The maximum Gasteiger partial charge on any atom is 0.510 e. The van der Waals surface area contributed by atoms with E-state index in [-0.39, 0.29) is 81.1 Å². The van der Waals surface area contributed by atoms with Crippen LogP contribution in [0.4, 0.5) is 107 Å². The first-order chi connectivity index (χ1) is 42.0. The van der Waals surface area contributed by atoms with Crippen molar-refractivity contribution in [1.82, 2.24) is 0 Å². The SMILES string of the molecule is C.C.C.C.C.C.CC(C)(C)OC(=O)OC(C)(CC1CC2CCC1C2)C(F)(F)F.CC(C)(C)OC(=O)OC(CC1CC2CCC1C2)(C(F)(F)F)C(F)(F)F.CC(C)(C)OC(=O)OC(CC1CC2CCC1C2)C(F)(F)F.CO[Si](C)(C)C(F)(F)F.CO[Si](C)(C)C(F)(F)F.CO[Si](C)(C)C(F)(F)F. The highest BCUT2D eigenvalue weighted by Crippen LogP contribution is 2.58. The second kappa shape index (κ2) is 39.6. The number of alkyl halides is 21. The normalized spacial score (nSPS) is 23.6. The van der Waals surface area contributed by atoms with Gasteiger partial charge in [-0.3, -0.25) is 0 Å². The van der Waals surface area contributed by atoms with Gasteiger partial charge < -0.3 is 41.7 Å². The van der Waals surface area contributed by atoms with Crippen LogP contribution in [0.25, 0.3) is 0 Å². The van der Waals surface area contributed by atoms with Crippen LogP contribution in [-0.4, -0.2) is 141 Å². The van der Waals surface area contributed by atoms with Crippen LogP contribution in [0.5, 0.6) is 0 Å². The zero-order valence-electron chi connectivity index (χ0n) is 57.2. The van der Waals surface area contributed by atoms with Gasteiger partial charge in [0, 0.05) is 27.8 Å². The van der Waals surface area contributed by atoms with E-state index >= 15 is 0 Å². The molecule has 6 saturated carbocycles. The monoisotopic (exact) mass is 1580 g/mol. The molecule has 11 atom stereocenters. The lowest BCUT2D eigenvalue weighted by atomic mass is 9.79. The molecule has 0 aromatic heterocycles. The first-order valence-electron chi connectivity index (χ1n) is 30.9. The van der Waals surface area contributed by atoms with Gasteiger partial charge in [-0.2, -0.15) is 92.2 Å². The minimum absolute atomic E-state index is 0. The van der Waals surface area contributed by atoms with Crippen molar-refractivity contribution in [2.24, 2.45) is 53.3 Å². The van der Waals surface area contributed by atoms with E-state index in [0.29, 0.717) is 42.9 Å². The van der Waals surface area contributed by atoms with Crippen molar-refractivity contribution in [3.8, 4) is 0 Å². The Balaban J connectivity index is -0.000000278. The summed E-state index contributed by atoms with van der Waals surface area (Å²) in [4.78, 5) is 34.9. The van der Waals surface area contributed by atoms with E-state index in [9.17, 15) is 107 Å². The van der Waals surface area contributed by atoms with E-state index in [4.69, 9.17) is 14.2 Å². The largest absolute Gasteiger partial charge is 0.510 e. The second-order valence-corrected chi connectivity index (χ2v) is 41.9. The summed E-state index contributed by atoms with van der Waals surface area (Å²) < 4.78 is 307. The number of halogens is 21. The molecule has 6 fully saturated rings. The summed E-state index contributed by atoms with van der Waals surface area (Å²) >= 11 is 0. The molecule has 612 valence electrons. The summed E-state index contributed by atoms with van der Waals surface area (Å²) in [6.45, 7) is 21.2. The summed E-state index contributed by atoms with van der Waals surface area (Å²) in [6.07, 6.45) is -18.5. The number of carbonyl (C=O) groups excluding carboxylic acids is 3. The lowest BCUT2D eigenvalue weighted by molar-refractivity contribution is -0.374. The fourth-order valence-electron chi connectivity index (χ4n) is 11.7. The van der Waals surface area contributed by atoms with Gasteiger partial charge in [-0.05, 0) is 232 Å². The lowest BCUT2D eigenvalue weighted by Gasteiger charge is -2.39. The van der Waals surface area contributed by atoms with Crippen molar-refractivity contribution in [2.75, 3.05) is 21.3 Å². The highest BCUT2D eigenvalue weighted by atomic mass is 28.4. The fourth-order valence-corrected chi connectivity index (χ4v) is 12.4. The van der Waals surface area contributed by atoms with E-state index in [1.807, 2.05) is 0 Å². The summed E-state index contributed by atoms with van der Waals surface area (Å²) in [7, 11) is -6.85. The van der Waals surface area contributed by atoms with Crippen molar-refractivity contribution in [3.63, 3.8) is 0 Å². The van der Waals surface area contributed by atoms with Crippen molar-refractivity contribution in [1.29, 1.82) is 0 Å². The number of fused-ring (bicyclic) bond motifs is 6. The minimum atomic E-state index is -5.79. The number of ether oxygens (including phenoxy) is 6. The Kier molecular flexibility index (Phi) is 42.7.